The molecule has 0 radical (unpaired) electrons. The number of aromatic carboxylic acids is 1. The minimum atomic E-state index is -0.977. The molecule has 0 fully saturated rings. The number of thioether (sulfide) groups is 1. The second-order valence-corrected chi connectivity index (χ2v) is 9.56. The van der Waals surface area contributed by atoms with Crippen molar-refractivity contribution in [2.24, 2.45) is 0 Å². The van der Waals surface area contributed by atoms with E-state index >= 15 is 0 Å². The van der Waals surface area contributed by atoms with E-state index in [9.17, 15) is 14.7 Å². The first-order valence-electron chi connectivity index (χ1n) is 10.3. The summed E-state index contributed by atoms with van der Waals surface area (Å²) in [6, 6.07) is 10.5. The Labute approximate surface area is 197 Å². The highest BCUT2D eigenvalue weighted by Crippen LogP contribution is 2.44. The summed E-state index contributed by atoms with van der Waals surface area (Å²) in [7, 11) is 0. The third-order valence-electron chi connectivity index (χ3n) is 5.29. The van der Waals surface area contributed by atoms with E-state index in [0.29, 0.717) is 10.9 Å². The fourth-order valence-corrected chi connectivity index (χ4v) is 5.41. The molecule has 166 valence electrons. The molecule has 0 saturated heterocycles. The number of rotatable bonds is 5. The number of anilines is 1. The van der Waals surface area contributed by atoms with Crippen molar-refractivity contribution in [1.82, 2.24) is 19.7 Å². The zero-order valence-electron chi connectivity index (χ0n) is 17.6. The summed E-state index contributed by atoms with van der Waals surface area (Å²) < 4.78 is 1.84. The van der Waals surface area contributed by atoms with E-state index in [1.165, 1.54) is 23.1 Å². The molecule has 5 rings (SSSR count). The summed E-state index contributed by atoms with van der Waals surface area (Å²) in [6.45, 7) is 1.93. The molecule has 0 saturated carbocycles. The molecule has 3 aromatic heterocycles. The van der Waals surface area contributed by atoms with E-state index in [4.69, 9.17) is 5.10 Å². The molecule has 3 heterocycles. The number of aryl methyl sites for hydroxylation is 1. The van der Waals surface area contributed by atoms with E-state index in [-0.39, 0.29) is 10.8 Å². The van der Waals surface area contributed by atoms with Gasteiger partial charge in [-0.05, 0) is 55.0 Å². The Bertz CT molecular complexity index is 1350. The molecule has 4 aromatic rings. The maximum absolute atomic E-state index is 12.1. The normalized spacial score (nSPS) is 12.2. The van der Waals surface area contributed by atoms with Crippen LogP contribution in [-0.2, 0) is 12.8 Å². The average Bonchev–Trinajstić information content (AvgIpc) is 3.40. The van der Waals surface area contributed by atoms with Crippen molar-refractivity contribution in [2.75, 3.05) is 11.1 Å². The molecule has 1 amide bonds. The third-order valence-corrected chi connectivity index (χ3v) is 6.96. The quantitative estimate of drug-likeness (QED) is 0.409. The number of nitrogens with one attached hydrogen (secondary N) is 1. The molecule has 0 spiro atoms. The third kappa shape index (κ3) is 4.03. The Balaban J connectivity index is 1.65. The smallest absolute Gasteiger partial charge is 0.335 e. The lowest BCUT2D eigenvalue weighted by Crippen LogP contribution is -2.07. The Morgan fingerprint density at radius 2 is 2.03 bits per heavy atom. The summed E-state index contributed by atoms with van der Waals surface area (Å²) in [4.78, 5) is 33.3. The van der Waals surface area contributed by atoms with Gasteiger partial charge in [-0.2, -0.15) is 5.10 Å². The number of pyridine rings is 1. The summed E-state index contributed by atoms with van der Waals surface area (Å²) in [5.41, 5.74) is 5.64. The van der Waals surface area contributed by atoms with Crippen LogP contribution >= 0.6 is 23.1 Å². The minimum absolute atomic E-state index is 0.127. The summed E-state index contributed by atoms with van der Waals surface area (Å²) in [5.74, 6) is -0.288. The Kier molecular flexibility index (Phi) is 5.69. The molecule has 10 heteroatoms. The number of carbonyl (C=O) groups excluding carboxylic acids is 1. The molecule has 33 heavy (non-hydrogen) atoms. The first-order chi connectivity index (χ1) is 16.0. The summed E-state index contributed by atoms with van der Waals surface area (Å²) in [6.07, 6.45) is 5.01. The molecule has 0 unspecified atom stereocenters. The van der Waals surface area contributed by atoms with Crippen LogP contribution in [0.4, 0.5) is 9.93 Å². The van der Waals surface area contributed by atoms with Crippen LogP contribution in [-0.4, -0.2) is 41.8 Å². The van der Waals surface area contributed by atoms with Gasteiger partial charge in [0.1, 0.15) is 0 Å². The first-order valence-corrected chi connectivity index (χ1v) is 12.1. The molecule has 0 atom stereocenters. The molecule has 1 aliphatic rings. The van der Waals surface area contributed by atoms with Gasteiger partial charge in [0, 0.05) is 23.5 Å². The number of hydrogen-bond acceptors (Lipinski definition) is 7. The van der Waals surface area contributed by atoms with Crippen molar-refractivity contribution < 1.29 is 14.7 Å². The van der Waals surface area contributed by atoms with Crippen LogP contribution < -0.4 is 5.32 Å². The molecule has 0 bridgehead atoms. The van der Waals surface area contributed by atoms with Crippen LogP contribution in [0.3, 0.4) is 0 Å². The fraction of sp³-hybridized carbons (Fsp3) is 0.174. The lowest BCUT2D eigenvalue weighted by atomic mass is 9.95. The zero-order valence-corrected chi connectivity index (χ0v) is 19.2. The lowest BCUT2D eigenvalue weighted by molar-refractivity contribution is 0.0697. The highest BCUT2D eigenvalue weighted by Gasteiger charge is 2.30. The van der Waals surface area contributed by atoms with Gasteiger partial charge in [-0.25, -0.2) is 14.5 Å². The predicted octanol–water partition coefficient (Wildman–Crippen LogP) is 5.14. The van der Waals surface area contributed by atoms with Crippen molar-refractivity contribution in [3.05, 3.63) is 65.6 Å². The number of nitrogens with zero attached hydrogens (tertiary/aromatic N) is 4. The Morgan fingerprint density at radius 1 is 1.21 bits per heavy atom. The van der Waals surface area contributed by atoms with Crippen molar-refractivity contribution >= 4 is 39.4 Å². The molecule has 0 aliphatic heterocycles. The molecule has 2 N–H and O–H groups in total. The van der Waals surface area contributed by atoms with Gasteiger partial charge in [0.15, 0.2) is 5.13 Å². The largest absolute Gasteiger partial charge is 0.478 e. The number of carboxylic acid groups (broad SMARTS) is 1. The second kappa shape index (κ2) is 8.80. The summed E-state index contributed by atoms with van der Waals surface area (Å²) >= 11 is 2.64. The van der Waals surface area contributed by atoms with Crippen LogP contribution in [0.2, 0.25) is 0 Å². The van der Waals surface area contributed by atoms with Gasteiger partial charge in [0.05, 0.1) is 33.2 Å². The number of fused-ring (bicyclic) bond motifs is 3. The number of carboxylic acids is 1. The van der Waals surface area contributed by atoms with Crippen molar-refractivity contribution in [3.8, 4) is 27.5 Å². The van der Waals surface area contributed by atoms with Crippen LogP contribution in [0.25, 0.3) is 27.5 Å². The minimum Gasteiger partial charge on any atom is -0.478 e. The van der Waals surface area contributed by atoms with E-state index in [0.717, 1.165) is 51.6 Å². The standard InChI is InChI=1S/C23H19N5O3S2/c1-2-32-23(31)26-22-25-17-10-9-16-18(14-4-3-11-24-12-14)27-28(19(16)20(17)33-22)15-7-5-13(6-8-15)21(29)30/h3-8,11-12H,2,9-10H2,1H3,(H,29,30)(H,25,26,31). The fourth-order valence-electron chi connectivity index (χ4n) is 3.84. The highest BCUT2D eigenvalue weighted by atomic mass is 32.2. The van der Waals surface area contributed by atoms with E-state index in [1.807, 2.05) is 23.7 Å². The monoisotopic (exact) mass is 477 g/mol. The van der Waals surface area contributed by atoms with Crippen molar-refractivity contribution in [3.63, 3.8) is 0 Å². The Hall–Kier alpha value is -3.50. The predicted molar refractivity (Wildman–Crippen MR) is 129 cm³/mol. The number of thiazole rings is 1. The van der Waals surface area contributed by atoms with Gasteiger partial charge in [-0.1, -0.05) is 30.0 Å². The van der Waals surface area contributed by atoms with Gasteiger partial charge in [-0.15, -0.1) is 0 Å². The number of benzene rings is 1. The molecule has 1 aromatic carbocycles. The van der Waals surface area contributed by atoms with Gasteiger partial charge in [0.2, 0.25) is 0 Å². The molecular weight excluding hydrogens is 458 g/mol. The summed E-state index contributed by atoms with van der Waals surface area (Å²) in [5, 5.41) is 17.5. The maximum atomic E-state index is 12.1. The number of hydrogen-bond donors (Lipinski definition) is 2. The second-order valence-electron chi connectivity index (χ2n) is 7.32. The van der Waals surface area contributed by atoms with Crippen LogP contribution in [0, 0.1) is 0 Å². The zero-order chi connectivity index (χ0) is 22.9. The van der Waals surface area contributed by atoms with Crippen molar-refractivity contribution in [2.45, 2.75) is 19.8 Å². The first kappa shape index (κ1) is 21.4. The van der Waals surface area contributed by atoms with E-state index < -0.39 is 5.97 Å². The van der Waals surface area contributed by atoms with Gasteiger partial charge in [-0.3, -0.25) is 15.1 Å². The van der Waals surface area contributed by atoms with Crippen molar-refractivity contribution in [1.29, 1.82) is 0 Å². The van der Waals surface area contributed by atoms with Crippen LogP contribution in [0.15, 0.2) is 48.8 Å². The number of aromatic nitrogens is 4. The SMILES string of the molecule is CCSC(=O)Nc1nc2c(s1)-c1c(c(-c3cccnc3)nn1-c1ccc(C(=O)O)cc1)CC2. The van der Waals surface area contributed by atoms with E-state index in [2.05, 4.69) is 15.3 Å². The average molecular weight is 478 g/mol. The van der Waals surface area contributed by atoms with Gasteiger partial charge in [0.25, 0.3) is 5.24 Å². The molecule has 8 nitrogen and oxygen atoms in total. The van der Waals surface area contributed by atoms with Crippen LogP contribution in [0.5, 0.6) is 0 Å². The number of carbonyl (C=O) groups is 2. The lowest BCUT2D eigenvalue weighted by Gasteiger charge is -2.14. The van der Waals surface area contributed by atoms with E-state index in [1.54, 1.807) is 36.7 Å². The molecule has 1 aliphatic carbocycles. The maximum Gasteiger partial charge on any atom is 0.335 e. The van der Waals surface area contributed by atoms with Gasteiger partial charge < -0.3 is 5.11 Å². The molecular formula is C23H19N5O3S2. The topological polar surface area (TPSA) is 110 Å². The van der Waals surface area contributed by atoms with Crippen LogP contribution in [0.1, 0.15) is 28.5 Å². The Morgan fingerprint density at radius 3 is 2.73 bits per heavy atom. The highest BCUT2D eigenvalue weighted by molar-refractivity contribution is 8.13. The number of amides is 1. The van der Waals surface area contributed by atoms with Gasteiger partial charge >= 0.3 is 5.97 Å².